The molecule has 1 aliphatic rings. The van der Waals surface area contributed by atoms with Crippen LogP contribution in [-0.4, -0.2) is 41.2 Å². The summed E-state index contributed by atoms with van der Waals surface area (Å²) in [4.78, 5) is 17.3. The first-order valence-corrected chi connectivity index (χ1v) is 9.33. The topological polar surface area (TPSA) is 79.4 Å². The number of amidine groups is 1. The Morgan fingerprint density at radius 2 is 2.15 bits per heavy atom. The van der Waals surface area contributed by atoms with E-state index in [-0.39, 0.29) is 24.0 Å². The normalized spacial score (nSPS) is 16.5. The van der Waals surface area contributed by atoms with Crippen LogP contribution in [0.1, 0.15) is 33.9 Å². The van der Waals surface area contributed by atoms with Crippen molar-refractivity contribution in [3.05, 3.63) is 38.8 Å². The number of aromatic nitrogens is 2. The zero-order chi connectivity index (χ0) is 19.4. The van der Waals surface area contributed by atoms with Gasteiger partial charge in [0.1, 0.15) is 5.84 Å². The standard InChI is InChI=1S/C16H16ClF3N4O2S/c17-13-2-1-11(27-13)15(25)22-14(21-9-3-5-26-6-4-9)8-10-7-12(24-23-10)16(18,19)20/h1-2,7,9H,3-6,8H2,(H,23,24)(H,21,22,25). The number of hydrogen-bond acceptors (Lipinski definition) is 5. The monoisotopic (exact) mass is 420 g/mol. The molecule has 2 N–H and O–H groups in total. The van der Waals surface area contributed by atoms with Gasteiger partial charge in [-0.05, 0) is 31.0 Å². The number of thiophene rings is 1. The number of H-pyrrole nitrogens is 1. The Morgan fingerprint density at radius 1 is 1.41 bits per heavy atom. The van der Waals surface area contributed by atoms with Gasteiger partial charge in [0.2, 0.25) is 0 Å². The molecule has 0 radical (unpaired) electrons. The number of rotatable bonds is 4. The van der Waals surface area contributed by atoms with Gasteiger partial charge in [-0.2, -0.15) is 18.3 Å². The fraction of sp³-hybridized carbons (Fsp3) is 0.438. The lowest BCUT2D eigenvalue weighted by molar-refractivity contribution is -0.141. The molecule has 0 bridgehead atoms. The molecule has 2 aromatic heterocycles. The van der Waals surface area contributed by atoms with Gasteiger partial charge in [-0.3, -0.25) is 14.9 Å². The highest BCUT2D eigenvalue weighted by Crippen LogP contribution is 2.28. The Hall–Kier alpha value is -1.91. The van der Waals surface area contributed by atoms with Gasteiger partial charge in [0, 0.05) is 25.3 Å². The number of carbonyl (C=O) groups is 1. The van der Waals surface area contributed by atoms with Crippen LogP contribution in [0, 0.1) is 0 Å². The van der Waals surface area contributed by atoms with E-state index in [0.29, 0.717) is 35.3 Å². The molecule has 0 unspecified atom stereocenters. The highest BCUT2D eigenvalue weighted by atomic mass is 35.5. The lowest BCUT2D eigenvalue weighted by Gasteiger charge is -2.20. The van der Waals surface area contributed by atoms with Crippen molar-refractivity contribution in [2.24, 2.45) is 4.99 Å². The van der Waals surface area contributed by atoms with Crippen molar-refractivity contribution in [1.82, 2.24) is 15.5 Å². The minimum absolute atomic E-state index is 0.00865. The fourth-order valence-corrected chi connectivity index (χ4v) is 3.50. The van der Waals surface area contributed by atoms with Crippen LogP contribution in [0.2, 0.25) is 4.34 Å². The van der Waals surface area contributed by atoms with Gasteiger partial charge in [0.05, 0.1) is 15.3 Å². The smallest absolute Gasteiger partial charge is 0.381 e. The number of nitrogens with one attached hydrogen (secondary N) is 2. The summed E-state index contributed by atoms with van der Waals surface area (Å²) in [5.41, 5.74) is -0.808. The first-order chi connectivity index (χ1) is 12.8. The van der Waals surface area contributed by atoms with Crippen molar-refractivity contribution in [1.29, 1.82) is 0 Å². The van der Waals surface area contributed by atoms with Crippen LogP contribution < -0.4 is 5.32 Å². The van der Waals surface area contributed by atoms with E-state index < -0.39 is 17.8 Å². The minimum atomic E-state index is -4.54. The molecule has 1 aliphatic heterocycles. The molecule has 0 aromatic carbocycles. The summed E-state index contributed by atoms with van der Waals surface area (Å²) in [6, 6.07) is 4.02. The average Bonchev–Trinajstić information content (AvgIpc) is 3.24. The van der Waals surface area contributed by atoms with Gasteiger partial charge in [0.15, 0.2) is 5.69 Å². The summed E-state index contributed by atoms with van der Waals surface area (Å²) in [6.45, 7) is 1.11. The van der Waals surface area contributed by atoms with Crippen LogP contribution >= 0.6 is 22.9 Å². The maximum absolute atomic E-state index is 12.7. The van der Waals surface area contributed by atoms with Crippen molar-refractivity contribution in [3.63, 3.8) is 0 Å². The second kappa shape index (κ2) is 8.41. The van der Waals surface area contributed by atoms with E-state index in [1.165, 1.54) is 0 Å². The molecule has 0 atom stereocenters. The summed E-state index contributed by atoms with van der Waals surface area (Å²) in [5, 5.41) is 8.31. The summed E-state index contributed by atoms with van der Waals surface area (Å²) >= 11 is 6.95. The van der Waals surface area contributed by atoms with Crippen LogP contribution in [0.3, 0.4) is 0 Å². The number of alkyl halides is 3. The first-order valence-electron chi connectivity index (χ1n) is 8.14. The highest BCUT2D eigenvalue weighted by molar-refractivity contribution is 7.18. The third-order valence-electron chi connectivity index (χ3n) is 3.86. The Labute approximate surface area is 161 Å². The number of aromatic amines is 1. The maximum Gasteiger partial charge on any atom is 0.435 e. The summed E-state index contributed by atoms with van der Waals surface area (Å²) < 4.78 is 44.0. The zero-order valence-electron chi connectivity index (χ0n) is 14.0. The van der Waals surface area contributed by atoms with E-state index in [1.807, 2.05) is 0 Å². The molecule has 11 heteroatoms. The van der Waals surface area contributed by atoms with E-state index >= 15 is 0 Å². The maximum atomic E-state index is 12.7. The minimum Gasteiger partial charge on any atom is -0.381 e. The second-order valence-electron chi connectivity index (χ2n) is 5.93. The van der Waals surface area contributed by atoms with Gasteiger partial charge >= 0.3 is 6.18 Å². The van der Waals surface area contributed by atoms with Crippen molar-refractivity contribution in [2.75, 3.05) is 13.2 Å². The van der Waals surface area contributed by atoms with Crippen LogP contribution in [0.4, 0.5) is 13.2 Å². The molecule has 6 nitrogen and oxygen atoms in total. The summed E-state index contributed by atoms with van der Waals surface area (Å²) in [5.74, 6) is -0.137. The first kappa shape index (κ1) is 19.8. The molecule has 146 valence electrons. The van der Waals surface area contributed by atoms with Crippen LogP contribution in [0.15, 0.2) is 23.2 Å². The molecule has 1 saturated heterocycles. The van der Waals surface area contributed by atoms with Crippen molar-refractivity contribution in [2.45, 2.75) is 31.5 Å². The Balaban J connectivity index is 1.77. The number of aliphatic imine (C=N–C) groups is 1. The quantitative estimate of drug-likeness (QED) is 0.584. The molecular weight excluding hydrogens is 405 g/mol. The van der Waals surface area contributed by atoms with E-state index in [0.717, 1.165) is 17.4 Å². The van der Waals surface area contributed by atoms with Gasteiger partial charge in [-0.15, -0.1) is 11.3 Å². The molecular formula is C16H16ClF3N4O2S. The number of amides is 1. The number of halogens is 4. The number of hydrogen-bond donors (Lipinski definition) is 2. The van der Waals surface area contributed by atoms with Gasteiger partial charge in [-0.25, -0.2) is 0 Å². The number of nitrogens with zero attached hydrogens (tertiary/aromatic N) is 2. The average molecular weight is 421 g/mol. The lowest BCUT2D eigenvalue weighted by atomic mass is 10.1. The number of carbonyl (C=O) groups excluding carboxylic acids is 1. The van der Waals surface area contributed by atoms with Gasteiger partial charge in [-0.1, -0.05) is 11.6 Å². The van der Waals surface area contributed by atoms with E-state index in [2.05, 4.69) is 20.5 Å². The van der Waals surface area contributed by atoms with Crippen LogP contribution in [0.5, 0.6) is 0 Å². The lowest BCUT2D eigenvalue weighted by Crippen LogP contribution is -2.34. The van der Waals surface area contributed by atoms with Crippen molar-refractivity contribution < 1.29 is 22.7 Å². The predicted molar refractivity (Wildman–Crippen MR) is 95.4 cm³/mol. The molecule has 0 saturated carbocycles. The molecule has 3 heterocycles. The van der Waals surface area contributed by atoms with E-state index in [4.69, 9.17) is 16.3 Å². The largest absolute Gasteiger partial charge is 0.435 e. The molecule has 27 heavy (non-hydrogen) atoms. The van der Waals surface area contributed by atoms with Gasteiger partial charge < -0.3 is 10.1 Å². The zero-order valence-corrected chi connectivity index (χ0v) is 15.5. The van der Waals surface area contributed by atoms with Crippen molar-refractivity contribution in [3.8, 4) is 0 Å². The van der Waals surface area contributed by atoms with Crippen molar-refractivity contribution >= 4 is 34.7 Å². The predicted octanol–water partition coefficient (Wildman–Crippen LogP) is 3.69. The number of ether oxygens (including phenoxy) is 1. The molecule has 3 rings (SSSR count). The second-order valence-corrected chi connectivity index (χ2v) is 7.65. The Morgan fingerprint density at radius 3 is 2.74 bits per heavy atom. The Bertz CT molecular complexity index is 828. The Kier molecular flexibility index (Phi) is 6.18. The van der Waals surface area contributed by atoms with E-state index in [1.54, 1.807) is 12.1 Å². The molecule has 1 fully saturated rings. The molecule has 1 amide bonds. The third kappa shape index (κ3) is 5.53. The summed E-state index contributed by atoms with van der Waals surface area (Å²) in [7, 11) is 0. The van der Waals surface area contributed by atoms with Crippen LogP contribution in [-0.2, 0) is 17.3 Å². The molecule has 0 spiro atoms. The molecule has 0 aliphatic carbocycles. The SMILES string of the molecule is O=C(NC(Cc1cc(C(F)(F)F)n[nH]1)=NC1CCOCC1)c1ccc(Cl)s1. The summed E-state index contributed by atoms with van der Waals surface area (Å²) in [6.07, 6.45) is -3.18. The van der Waals surface area contributed by atoms with Gasteiger partial charge in [0.25, 0.3) is 5.91 Å². The van der Waals surface area contributed by atoms with E-state index in [9.17, 15) is 18.0 Å². The van der Waals surface area contributed by atoms with Crippen LogP contribution in [0.25, 0.3) is 0 Å². The highest BCUT2D eigenvalue weighted by Gasteiger charge is 2.34. The molecule has 2 aromatic rings. The third-order valence-corrected chi connectivity index (χ3v) is 5.09. The fourth-order valence-electron chi connectivity index (χ4n) is 2.56.